The number of hydrogen-bond donors (Lipinski definition) is 1. The van der Waals surface area contributed by atoms with Crippen LogP contribution >= 0.6 is 23.2 Å². The minimum atomic E-state index is -0.729. The van der Waals surface area contributed by atoms with Gasteiger partial charge >= 0.3 is 0 Å². The van der Waals surface area contributed by atoms with E-state index in [1.165, 1.54) is 0 Å². The summed E-state index contributed by atoms with van der Waals surface area (Å²) in [5, 5.41) is 10.8. The van der Waals surface area contributed by atoms with Crippen LogP contribution in [0.15, 0.2) is 40.8 Å². The topological polar surface area (TPSA) is 33.4 Å². The Morgan fingerprint density at radius 3 is 2.50 bits per heavy atom. The zero-order valence-corrected chi connectivity index (χ0v) is 9.87. The highest BCUT2D eigenvalue weighted by atomic mass is 35.5. The van der Waals surface area contributed by atoms with Gasteiger partial charge in [0.05, 0.1) is 0 Å². The molecule has 1 heterocycles. The second kappa shape index (κ2) is 4.91. The maximum Gasteiger partial charge on any atom is 0.193 e. The van der Waals surface area contributed by atoms with Crippen LogP contribution < -0.4 is 0 Å². The Balaban J connectivity index is 2.13. The van der Waals surface area contributed by atoms with Crippen molar-refractivity contribution in [3.05, 3.63) is 58.0 Å². The Labute approximate surface area is 103 Å². The lowest BCUT2D eigenvalue weighted by molar-refractivity contribution is 0.150. The molecule has 1 unspecified atom stereocenters. The lowest BCUT2D eigenvalue weighted by Crippen LogP contribution is -2.00. The molecule has 4 heteroatoms. The number of halogens is 2. The highest BCUT2D eigenvalue weighted by Gasteiger charge is 2.14. The molecule has 0 radical (unpaired) electrons. The first-order chi connectivity index (χ1) is 7.66. The second-order valence-electron chi connectivity index (χ2n) is 3.45. The largest absolute Gasteiger partial charge is 0.447 e. The molecule has 2 nitrogen and oxygen atoms in total. The summed E-state index contributed by atoms with van der Waals surface area (Å²) in [5.74, 6) is 0.449. The maximum atomic E-state index is 9.90. The summed E-state index contributed by atoms with van der Waals surface area (Å²) in [6, 6.07) is 10.6. The van der Waals surface area contributed by atoms with E-state index in [-0.39, 0.29) is 5.22 Å². The Morgan fingerprint density at radius 2 is 1.88 bits per heavy atom. The Morgan fingerprint density at radius 1 is 1.12 bits per heavy atom. The molecule has 0 saturated carbocycles. The van der Waals surface area contributed by atoms with E-state index in [1.54, 1.807) is 18.2 Å². The first-order valence-corrected chi connectivity index (χ1v) is 5.59. The molecule has 1 N–H and O–H groups in total. The number of furan rings is 1. The molecule has 16 heavy (non-hydrogen) atoms. The van der Waals surface area contributed by atoms with Gasteiger partial charge in [-0.05, 0) is 35.4 Å². The summed E-state index contributed by atoms with van der Waals surface area (Å²) in [6.45, 7) is 0. The van der Waals surface area contributed by atoms with Crippen molar-refractivity contribution in [2.75, 3.05) is 0 Å². The van der Waals surface area contributed by atoms with Crippen molar-refractivity contribution >= 4 is 23.2 Å². The lowest BCUT2D eigenvalue weighted by Gasteiger charge is -2.08. The smallest absolute Gasteiger partial charge is 0.193 e. The zero-order valence-electron chi connectivity index (χ0n) is 8.36. The molecule has 0 aliphatic carbocycles. The molecule has 0 amide bonds. The van der Waals surface area contributed by atoms with Gasteiger partial charge in [-0.15, -0.1) is 0 Å². The van der Waals surface area contributed by atoms with Crippen LogP contribution in [0.25, 0.3) is 0 Å². The lowest BCUT2D eigenvalue weighted by atomic mass is 10.1. The van der Waals surface area contributed by atoms with E-state index in [9.17, 15) is 5.11 Å². The molecular formula is C12H10Cl2O2. The van der Waals surface area contributed by atoms with Crippen LogP contribution in [-0.2, 0) is 6.42 Å². The minimum Gasteiger partial charge on any atom is -0.447 e. The summed E-state index contributed by atoms with van der Waals surface area (Å²) >= 11 is 11.6. The van der Waals surface area contributed by atoms with Crippen LogP contribution in [0, 0.1) is 0 Å². The molecule has 0 saturated heterocycles. The maximum absolute atomic E-state index is 9.90. The van der Waals surface area contributed by atoms with Crippen LogP contribution in [0.4, 0.5) is 0 Å². The molecule has 0 bridgehead atoms. The van der Waals surface area contributed by atoms with Gasteiger partial charge in [0.2, 0.25) is 0 Å². The fraction of sp³-hybridized carbons (Fsp3) is 0.167. The molecule has 1 atom stereocenters. The standard InChI is InChI=1S/C12H10Cl2O2/c13-9-4-2-1-3-8(9)7-10(15)11-5-6-12(14)16-11/h1-6,10,15H,7H2. The first-order valence-electron chi connectivity index (χ1n) is 4.83. The Kier molecular flexibility index (Phi) is 3.54. The van der Waals surface area contributed by atoms with Crippen LogP contribution in [0.1, 0.15) is 17.4 Å². The molecule has 1 aromatic heterocycles. The molecule has 2 aromatic rings. The normalized spacial score (nSPS) is 12.7. The van der Waals surface area contributed by atoms with E-state index in [1.807, 2.05) is 18.2 Å². The second-order valence-corrected chi connectivity index (χ2v) is 4.23. The summed E-state index contributed by atoms with van der Waals surface area (Å²) < 4.78 is 5.13. The van der Waals surface area contributed by atoms with Gasteiger partial charge in [0.25, 0.3) is 0 Å². The average Bonchev–Trinajstić information content (AvgIpc) is 2.68. The highest BCUT2D eigenvalue weighted by molar-refractivity contribution is 6.31. The average molecular weight is 257 g/mol. The van der Waals surface area contributed by atoms with Gasteiger partial charge in [0.15, 0.2) is 5.22 Å². The number of aliphatic hydroxyl groups excluding tert-OH is 1. The van der Waals surface area contributed by atoms with E-state index < -0.39 is 6.10 Å². The van der Waals surface area contributed by atoms with Crippen molar-refractivity contribution in [3.63, 3.8) is 0 Å². The van der Waals surface area contributed by atoms with Gasteiger partial charge in [-0.2, -0.15) is 0 Å². The number of rotatable bonds is 3. The van der Waals surface area contributed by atoms with Gasteiger partial charge in [-0.25, -0.2) is 0 Å². The third kappa shape index (κ3) is 2.59. The highest BCUT2D eigenvalue weighted by Crippen LogP contribution is 2.25. The van der Waals surface area contributed by atoms with E-state index in [0.29, 0.717) is 17.2 Å². The first kappa shape index (κ1) is 11.5. The molecular weight excluding hydrogens is 247 g/mol. The number of benzene rings is 1. The predicted octanol–water partition coefficient (Wildman–Crippen LogP) is 3.86. The number of hydrogen-bond acceptors (Lipinski definition) is 2. The molecule has 0 spiro atoms. The van der Waals surface area contributed by atoms with Crippen LogP contribution in [0.3, 0.4) is 0 Å². The number of aliphatic hydroxyl groups is 1. The van der Waals surface area contributed by atoms with Crippen molar-refractivity contribution in [1.29, 1.82) is 0 Å². The van der Waals surface area contributed by atoms with Crippen molar-refractivity contribution in [1.82, 2.24) is 0 Å². The van der Waals surface area contributed by atoms with Crippen molar-refractivity contribution in [2.45, 2.75) is 12.5 Å². The van der Waals surface area contributed by atoms with Crippen LogP contribution in [-0.4, -0.2) is 5.11 Å². The molecule has 1 aromatic carbocycles. The van der Waals surface area contributed by atoms with Gasteiger partial charge in [-0.1, -0.05) is 29.8 Å². The summed E-state index contributed by atoms with van der Waals surface area (Å²) in [4.78, 5) is 0. The van der Waals surface area contributed by atoms with E-state index in [4.69, 9.17) is 27.6 Å². The van der Waals surface area contributed by atoms with Gasteiger partial charge in [-0.3, -0.25) is 0 Å². The molecule has 84 valence electrons. The van der Waals surface area contributed by atoms with Crippen molar-refractivity contribution in [3.8, 4) is 0 Å². The van der Waals surface area contributed by atoms with Gasteiger partial charge in [0, 0.05) is 11.4 Å². The van der Waals surface area contributed by atoms with Crippen molar-refractivity contribution in [2.24, 2.45) is 0 Å². The van der Waals surface area contributed by atoms with E-state index >= 15 is 0 Å². The molecule has 0 aliphatic rings. The summed E-state index contributed by atoms with van der Waals surface area (Å²) in [7, 11) is 0. The molecule has 2 rings (SSSR count). The summed E-state index contributed by atoms with van der Waals surface area (Å²) in [6.07, 6.45) is -0.323. The third-order valence-corrected chi connectivity index (χ3v) is 2.87. The summed E-state index contributed by atoms with van der Waals surface area (Å²) in [5.41, 5.74) is 0.879. The van der Waals surface area contributed by atoms with Gasteiger partial charge < -0.3 is 9.52 Å². The Hall–Kier alpha value is -0.960. The van der Waals surface area contributed by atoms with Crippen molar-refractivity contribution < 1.29 is 9.52 Å². The van der Waals surface area contributed by atoms with Gasteiger partial charge in [0.1, 0.15) is 11.9 Å². The SMILES string of the molecule is OC(Cc1ccccc1Cl)c1ccc(Cl)o1. The molecule has 0 aliphatic heterocycles. The van der Waals surface area contributed by atoms with E-state index in [2.05, 4.69) is 0 Å². The fourth-order valence-corrected chi connectivity index (χ4v) is 1.85. The molecule has 0 fully saturated rings. The monoisotopic (exact) mass is 256 g/mol. The fourth-order valence-electron chi connectivity index (χ4n) is 1.48. The third-order valence-electron chi connectivity index (χ3n) is 2.29. The zero-order chi connectivity index (χ0) is 11.5. The van der Waals surface area contributed by atoms with Crippen LogP contribution in [0.2, 0.25) is 10.2 Å². The quantitative estimate of drug-likeness (QED) is 0.905. The Bertz CT molecular complexity index is 479. The van der Waals surface area contributed by atoms with Crippen LogP contribution in [0.5, 0.6) is 0 Å². The predicted molar refractivity (Wildman–Crippen MR) is 63.8 cm³/mol. The van der Waals surface area contributed by atoms with E-state index in [0.717, 1.165) is 5.56 Å². The minimum absolute atomic E-state index is 0.271.